The van der Waals surface area contributed by atoms with Crippen LogP contribution in [0.15, 0.2) is 24.3 Å². The molecule has 22 heavy (non-hydrogen) atoms. The van der Waals surface area contributed by atoms with E-state index < -0.39 is 11.7 Å². The summed E-state index contributed by atoms with van der Waals surface area (Å²) < 4.78 is 37.8. The van der Waals surface area contributed by atoms with Gasteiger partial charge in [0.1, 0.15) is 0 Å². The fraction of sp³-hybridized carbons (Fsp3) is 0.533. The summed E-state index contributed by atoms with van der Waals surface area (Å²) in [7, 11) is 0. The van der Waals surface area contributed by atoms with Gasteiger partial charge >= 0.3 is 6.18 Å². The molecule has 122 valence electrons. The van der Waals surface area contributed by atoms with Gasteiger partial charge in [0, 0.05) is 24.7 Å². The fourth-order valence-electron chi connectivity index (χ4n) is 2.64. The Bertz CT molecular complexity index is 520. The van der Waals surface area contributed by atoms with Crippen molar-refractivity contribution in [3.8, 4) is 0 Å². The third-order valence-electron chi connectivity index (χ3n) is 3.81. The van der Waals surface area contributed by atoms with E-state index in [4.69, 9.17) is 0 Å². The Morgan fingerprint density at radius 1 is 1.41 bits per heavy atom. The molecule has 1 heterocycles. The molecular weight excluding hydrogens is 297 g/mol. The number of anilines is 1. The Hall–Kier alpha value is -1.60. The molecule has 1 aromatic carbocycles. The Kier molecular flexibility index (Phi) is 5.42. The number of hydrogen-bond acceptors (Lipinski definition) is 3. The molecule has 0 saturated carbocycles. The van der Waals surface area contributed by atoms with Gasteiger partial charge in [0.2, 0.25) is 5.91 Å². The van der Waals surface area contributed by atoms with Gasteiger partial charge in [-0.05, 0) is 37.6 Å². The number of carbonyl (C=O) groups is 1. The normalized spacial score (nSPS) is 19.4. The summed E-state index contributed by atoms with van der Waals surface area (Å²) >= 11 is 0. The number of likely N-dealkylation sites (tertiary alicyclic amines) is 1. The van der Waals surface area contributed by atoms with Crippen LogP contribution in [0.25, 0.3) is 0 Å². The van der Waals surface area contributed by atoms with Crippen LogP contribution in [0.4, 0.5) is 18.9 Å². The second-order valence-electron chi connectivity index (χ2n) is 5.39. The first-order chi connectivity index (χ1) is 10.4. The molecule has 1 amide bonds. The number of halogens is 3. The summed E-state index contributed by atoms with van der Waals surface area (Å²) in [6.45, 7) is 1.40. The van der Waals surface area contributed by atoms with Crippen LogP contribution in [0, 0.1) is 0 Å². The van der Waals surface area contributed by atoms with E-state index in [0.29, 0.717) is 6.54 Å². The Morgan fingerprint density at radius 2 is 2.18 bits per heavy atom. The van der Waals surface area contributed by atoms with E-state index in [1.807, 2.05) is 4.90 Å². The van der Waals surface area contributed by atoms with Crippen molar-refractivity contribution in [2.24, 2.45) is 0 Å². The minimum absolute atomic E-state index is 0.0647. The molecule has 0 aliphatic carbocycles. The molecule has 0 radical (unpaired) electrons. The SMILES string of the molecule is O=C(CCN1CCCC1CO)Nc1cccc(C(F)(F)F)c1. The topological polar surface area (TPSA) is 52.6 Å². The van der Waals surface area contributed by atoms with Crippen molar-refractivity contribution >= 4 is 11.6 Å². The first kappa shape index (κ1) is 16.8. The zero-order valence-electron chi connectivity index (χ0n) is 12.1. The molecule has 0 spiro atoms. The van der Waals surface area contributed by atoms with Crippen molar-refractivity contribution < 1.29 is 23.1 Å². The highest BCUT2D eigenvalue weighted by Gasteiger charge is 2.30. The number of hydrogen-bond donors (Lipinski definition) is 2. The second-order valence-corrected chi connectivity index (χ2v) is 5.39. The molecule has 0 bridgehead atoms. The number of nitrogens with one attached hydrogen (secondary N) is 1. The van der Waals surface area contributed by atoms with E-state index >= 15 is 0 Å². The number of rotatable bonds is 5. The van der Waals surface area contributed by atoms with E-state index in [9.17, 15) is 23.1 Å². The molecule has 7 heteroatoms. The summed E-state index contributed by atoms with van der Waals surface area (Å²) in [5.41, 5.74) is -0.648. The van der Waals surface area contributed by atoms with Crippen LogP contribution >= 0.6 is 0 Å². The quantitative estimate of drug-likeness (QED) is 0.877. The lowest BCUT2D eigenvalue weighted by Crippen LogP contribution is -2.34. The molecule has 1 aliphatic heterocycles. The van der Waals surface area contributed by atoms with Crippen LogP contribution in [-0.4, -0.2) is 41.7 Å². The summed E-state index contributed by atoms with van der Waals surface area (Å²) in [6.07, 6.45) is -2.34. The van der Waals surface area contributed by atoms with Crippen LogP contribution < -0.4 is 5.32 Å². The van der Waals surface area contributed by atoms with Crippen molar-refractivity contribution in [2.45, 2.75) is 31.5 Å². The molecule has 1 unspecified atom stereocenters. The number of benzene rings is 1. The van der Waals surface area contributed by atoms with E-state index in [2.05, 4.69) is 5.32 Å². The van der Waals surface area contributed by atoms with Crippen molar-refractivity contribution in [1.29, 1.82) is 0 Å². The molecule has 1 saturated heterocycles. The average molecular weight is 316 g/mol. The van der Waals surface area contributed by atoms with Crippen LogP contribution in [-0.2, 0) is 11.0 Å². The number of aliphatic hydroxyl groups excluding tert-OH is 1. The van der Waals surface area contributed by atoms with E-state index in [0.717, 1.165) is 31.5 Å². The molecule has 4 nitrogen and oxygen atoms in total. The number of nitrogens with zero attached hydrogens (tertiary/aromatic N) is 1. The van der Waals surface area contributed by atoms with Crippen molar-refractivity contribution in [2.75, 3.05) is 25.0 Å². The predicted molar refractivity (Wildman–Crippen MR) is 76.4 cm³/mol. The van der Waals surface area contributed by atoms with Crippen molar-refractivity contribution in [1.82, 2.24) is 4.90 Å². The summed E-state index contributed by atoms with van der Waals surface area (Å²) in [6, 6.07) is 4.66. The smallest absolute Gasteiger partial charge is 0.395 e. The van der Waals surface area contributed by atoms with Gasteiger partial charge in [-0.15, -0.1) is 0 Å². The lowest BCUT2D eigenvalue weighted by atomic mass is 10.2. The number of aliphatic hydroxyl groups is 1. The van der Waals surface area contributed by atoms with Crippen molar-refractivity contribution in [3.05, 3.63) is 29.8 Å². The van der Waals surface area contributed by atoms with Gasteiger partial charge in [-0.2, -0.15) is 13.2 Å². The van der Waals surface area contributed by atoms with Gasteiger partial charge in [0.25, 0.3) is 0 Å². The summed E-state index contributed by atoms with van der Waals surface area (Å²) in [5.74, 6) is -0.331. The maximum absolute atomic E-state index is 12.6. The van der Waals surface area contributed by atoms with E-state index in [1.54, 1.807) is 0 Å². The average Bonchev–Trinajstić information content (AvgIpc) is 2.92. The maximum atomic E-state index is 12.6. The molecule has 1 fully saturated rings. The van der Waals surface area contributed by atoms with Gasteiger partial charge < -0.3 is 10.4 Å². The first-order valence-electron chi connectivity index (χ1n) is 7.22. The van der Waals surface area contributed by atoms with Gasteiger partial charge in [-0.3, -0.25) is 9.69 Å². The highest BCUT2D eigenvalue weighted by Crippen LogP contribution is 2.30. The molecule has 0 aromatic heterocycles. The third kappa shape index (κ3) is 4.45. The van der Waals surface area contributed by atoms with Gasteiger partial charge in [0.05, 0.1) is 12.2 Å². The summed E-state index contributed by atoms with van der Waals surface area (Å²) in [5, 5.41) is 11.7. The fourth-order valence-corrected chi connectivity index (χ4v) is 2.64. The largest absolute Gasteiger partial charge is 0.416 e. The van der Waals surface area contributed by atoms with Gasteiger partial charge in [0.15, 0.2) is 0 Å². The van der Waals surface area contributed by atoms with E-state index in [1.165, 1.54) is 12.1 Å². The predicted octanol–water partition coefficient (Wildman–Crippen LogP) is 2.49. The van der Waals surface area contributed by atoms with Gasteiger partial charge in [-0.1, -0.05) is 6.07 Å². The maximum Gasteiger partial charge on any atom is 0.416 e. The molecule has 1 aliphatic rings. The highest BCUT2D eigenvalue weighted by molar-refractivity contribution is 5.90. The number of amides is 1. The number of carbonyl (C=O) groups excluding carboxylic acids is 1. The van der Waals surface area contributed by atoms with Crippen molar-refractivity contribution in [3.63, 3.8) is 0 Å². The highest BCUT2D eigenvalue weighted by atomic mass is 19.4. The minimum atomic E-state index is -4.43. The summed E-state index contributed by atoms with van der Waals surface area (Å²) in [4.78, 5) is 13.9. The Labute approximate surface area is 126 Å². The first-order valence-corrected chi connectivity index (χ1v) is 7.22. The van der Waals surface area contributed by atoms with E-state index in [-0.39, 0.29) is 30.7 Å². The van der Waals surface area contributed by atoms with Crippen LogP contribution in [0.3, 0.4) is 0 Å². The lowest BCUT2D eigenvalue weighted by Gasteiger charge is -2.22. The van der Waals surface area contributed by atoms with Gasteiger partial charge in [-0.25, -0.2) is 0 Å². The molecule has 2 rings (SSSR count). The van der Waals surface area contributed by atoms with Crippen LogP contribution in [0.2, 0.25) is 0 Å². The van der Waals surface area contributed by atoms with Crippen LogP contribution in [0.1, 0.15) is 24.8 Å². The number of alkyl halides is 3. The standard InChI is InChI=1S/C15H19F3N2O2/c16-15(17,18)11-3-1-4-12(9-11)19-14(22)6-8-20-7-2-5-13(20)10-21/h1,3-4,9,13,21H,2,5-8,10H2,(H,19,22). The monoisotopic (exact) mass is 316 g/mol. The molecular formula is C15H19F3N2O2. The zero-order chi connectivity index (χ0) is 16.2. The lowest BCUT2D eigenvalue weighted by molar-refractivity contribution is -0.137. The molecule has 2 N–H and O–H groups in total. The van der Waals surface area contributed by atoms with Crippen LogP contribution in [0.5, 0.6) is 0 Å². The Balaban J connectivity index is 1.87. The third-order valence-corrected chi connectivity index (χ3v) is 3.81. The minimum Gasteiger partial charge on any atom is -0.395 e. The zero-order valence-corrected chi connectivity index (χ0v) is 12.1. The Morgan fingerprint density at radius 3 is 2.86 bits per heavy atom. The second kappa shape index (κ2) is 7.11. The molecule has 1 atom stereocenters. The molecule has 1 aromatic rings.